The third-order valence-corrected chi connectivity index (χ3v) is 5.79. The summed E-state index contributed by atoms with van der Waals surface area (Å²) >= 11 is 15.4. The summed E-state index contributed by atoms with van der Waals surface area (Å²) in [5.74, 6) is -1.86. The van der Waals surface area contributed by atoms with E-state index in [0.29, 0.717) is 27.6 Å². The van der Waals surface area contributed by atoms with Gasteiger partial charge in [-0.15, -0.1) is 0 Å². The number of carboxylic acid groups (broad SMARTS) is 1. The van der Waals surface area contributed by atoms with Crippen LogP contribution in [0.5, 0.6) is 0 Å². The lowest BCUT2D eigenvalue weighted by atomic mass is 10.0. The first kappa shape index (κ1) is 23.5. The van der Waals surface area contributed by atoms with Crippen LogP contribution in [0.2, 0.25) is 10.0 Å². The highest BCUT2D eigenvalue weighted by Gasteiger charge is 2.31. The number of halogens is 4. The van der Waals surface area contributed by atoms with Gasteiger partial charge in [0, 0.05) is 12.1 Å². The Labute approximate surface area is 197 Å². The van der Waals surface area contributed by atoms with Crippen molar-refractivity contribution in [1.82, 2.24) is 9.55 Å². The molecule has 0 aliphatic heterocycles. The molecule has 0 radical (unpaired) electrons. The highest BCUT2D eigenvalue weighted by molar-refractivity contribution is 9.10. The summed E-state index contributed by atoms with van der Waals surface area (Å²) in [6.45, 7) is 2.17. The van der Waals surface area contributed by atoms with E-state index in [4.69, 9.17) is 27.9 Å². The first-order chi connectivity index (χ1) is 14.7. The predicted molar refractivity (Wildman–Crippen MR) is 122 cm³/mol. The third-order valence-electron chi connectivity index (χ3n) is 4.68. The van der Waals surface area contributed by atoms with Gasteiger partial charge in [0.15, 0.2) is 16.2 Å². The summed E-state index contributed by atoms with van der Waals surface area (Å²) in [5, 5.41) is 13.4. The largest absolute Gasteiger partial charge is 0.476 e. The van der Waals surface area contributed by atoms with E-state index < -0.39 is 17.8 Å². The number of benzene rings is 2. The lowest BCUT2D eigenvalue weighted by molar-refractivity contribution is 0.0689. The molecule has 2 atom stereocenters. The van der Waals surface area contributed by atoms with Crippen LogP contribution in [0.15, 0.2) is 47.2 Å². The van der Waals surface area contributed by atoms with Gasteiger partial charge in [0.1, 0.15) is 0 Å². The molecule has 10 heteroatoms. The molecular formula is C21H19BrCl2FN3O3. The molecule has 6 nitrogen and oxygen atoms in total. The summed E-state index contributed by atoms with van der Waals surface area (Å²) in [4.78, 5) is 16.3. The molecule has 3 aromatic rings. The van der Waals surface area contributed by atoms with Crippen LogP contribution in [-0.4, -0.2) is 34.3 Å². The van der Waals surface area contributed by atoms with E-state index in [1.54, 1.807) is 42.0 Å². The van der Waals surface area contributed by atoms with Crippen molar-refractivity contribution in [2.45, 2.75) is 19.0 Å². The molecule has 2 unspecified atom stereocenters. The van der Waals surface area contributed by atoms with Gasteiger partial charge < -0.3 is 19.7 Å². The third kappa shape index (κ3) is 5.03. The maximum absolute atomic E-state index is 14.7. The number of ether oxygens (including phenoxy) is 1. The number of hydrogen-bond acceptors (Lipinski definition) is 4. The molecule has 0 aliphatic rings. The molecule has 164 valence electrons. The van der Waals surface area contributed by atoms with E-state index in [1.807, 2.05) is 6.92 Å². The second kappa shape index (κ2) is 9.99. The van der Waals surface area contributed by atoms with E-state index in [-0.39, 0.29) is 22.4 Å². The van der Waals surface area contributed by atoms with Crippen molar-refractivity contribution in [3.63, 3.8) is 0 Å². The van der Waals surface area contributed by atoms with Crippen LogP contribution in [0, 0.1) is 5.82 Å². The fourth-order valence-electron chi connectivity index (χ4n) is 3.32. The van der Waals surface area contributed by atoms with E-state index >= 15 is 0 Å². The molecule has 2 aromatic carbocycles. The number of methoxy groups -OCH3 is 1. The number of rotatable bonds is 8. The number of nitrogens with one attached hydrogen (secondary N) is 1. The summed E-state index contributed by atoms with van der Waals surface area (Å²) in [6, 6.07) is 10.3. The standard InChI is InChI=1S/C21H19BrCl2FN3O3/c1-11(10-31-2)28-19(18(20(29)30)27-21(28)22)17(12-6-8-13(23)9-7-12)26-15-5-3-4-14(24)16(15)25/h3-9,11,17,26H,10H2,1-2H3,(H,29,30). The fraction of sp³-hybridized carbons (Fsp3) is 0.238. The highest BCUT2D eigenvalue weighted by atomic mass is 79.9. The molecule has 0 amide bonds. The van der Waals surface area contributed by atoms with Crippen LogP contribution < -0.4 is 5.32 Å². The van der Waals surface area contributed by atoms with E-state index in [0.717, 1.165) is 0 Å². The molecule has 1 heterocycles. The number of imidazole rings is 1. The zero-order valence-corrected chi connectivity index (χ0v) is 19.7. The number of hydrogen-bond donors (Lipinski definition) is 2. The van der Waals surface area contributed by atoms with Crippen LogP contribution in [0.3, 0.4) is 0 Å². The van der Waals surface area contributed by atoms with Gasteiger partial charge in [-0.3, -0.25) is 0 Å². The predicted octanol–water partition coefficient (Wildman–Crippen LogP) is 6.20. The van der Waals surface area contributed by atoms with Crippen molar-refractivity contribution >= 4 is 50.8 Å². The Kier molecular flexibility index (Phi) is 7.59. The van der Waals surface area contributed by atoms with Gasteiger partial charge in [0.2, 0.25) is 0 Å². The highest BCUT2D eigenvalue weighted by Crippen LogP contribution is 2.35. The number of nitrogens with zero attached hydrogens (tertiary/aromatic N) is 2. The van der Waals surface area contributed by atoms with E-state index in [2.05, 4.69) is 26.2 Å². The average molecular weight is 531 g/mol. The second-order valence-corrected chi connectivity index (χ2v) is 8.38. The first-order valence-corrected chi connectivity index (χ1v) is 10.7. The molecule has 2 N–H and O–H groups in total. The average Bonchev–Trinajstić information content (AvgIpc) is 3.07. The molecule has 1 aromatic heterocycles. The minimum absolute atomic E-state index is 0.0549. The zero-order valence-electron chi connectivity index (χ0n) is 16.6. The van der Waals surface area contributed by atoms with Crippen LogP contribution >= 0.6 is 39.1 Å². The Bertz CT molecular complexity index is 1090. The van der Waals surface area contributed by atoms with Crippen LogP contribution in [0.4, 0.5) is 10.1 Å². The van der Waals surface area contributed by atoms with Gasteiger partial charge in [-0.2, -0.15) is 0 Å². The normalized spacial score (nSPS) is 13.1. The number of aromatic nitrogens is 2. The zero-order chi connectivity index (χ0) is 22.7. The van der Waals surface area contributed by atoms with E-state index in [1.165, 1.54) is 12.1 Å². The molecule has 3 rings (SSSR count). The topological polar surface area (TPSA) is 76.4 Å². The number of carbonyl (C=O) groups is 1. The maximum atomic E-state index is 14.7. The Morgan fingerprint density at radius 3 is 2.58 bits per heavy atom. The van der Waals surface area contributed by atoms with Crippen LogP contribution in [0.1, 0.15) is 40.8 Å². The Morgan fingerprint density at radius 1 is 1.29 bits per heavy atom. The Balaban J connectivity index is 2.25. The molecule has 0 saturated heterocycles. The van der Waals surface area contributed by atoms with Gasteiger partial charge in [-0.25, -0.2) is 14.2 Å². The SMILES string of the molecule is COCC(C)n1c(Br)nc(C(=O)O)c1C(Nc1cccc(Cl)c1F)c1ccc(Cl)cc1. The lowest BCUT2D eigenvalue weighted by Crippen LogP contribution is -2.23. The van der Waals surface area contributed by atoms with Gasteiger partial charge in [0.05, 0.1) is 35.1 Å². The van der Waals surface area contributed by atoms with Crippen molar-refractivity contribution in [2.75, 3.05) is 19.0 Å². The minimum Gasteiger partial charge on any atom is -0.476 e. The van der Waals surface area contributed by atoms with Crippen molar-refractivity contribution in [2.24, 2.45) is 0 Å². The smallest absolute Gasteiger partial charge is 0.356 e. The Morgan fingerprint density at radius 2 is 1.97 bits per heavy atom. The number of anilines is 1. The van der Waals surface area contributed by atoms with Gasteiger partial charge in [-0.05, 0) is 52.7 Å². The fourth-order valence-corrected chi connectivity index (χ4v) is 4.34. The molecule has 0 fully saturated rings. The first-order valence-electron chi connectivity index (χ1n) is 9.20. The van der Waals surface area contributed by atoms with Crippen molar-refractivity contribution in [3.05, 3.63) is 80.0 Å². The number of aromatic carboxylic acids is 1. The molecule has 0 spiro atoms. The van der Waals surface area contributed by atoms with Gasteiger partial charge in [0.25, 0.3) is 0 Å². The van der Waals surface area contributed by atoms with Gasteiger partial charge in [-0.1, -0.05) is 41.4 Å². The van der Waals surface area contributed by atoms with Crippen molar-refractivity contribution in [3.8, 4) is 0 Å². The van der Waals surface area contributed by atoms with Crippen LogP contribution in [0.25, 0.3) is 0 Å². The number of carboxylic acids is 1. The summed E-state index contributed by atoms with van der Waals surface area (Å²) in [6.07, 6.45) is 0. The molecule has 31 heavy (non-hydrogen) atoms. The second-order valence-electron chi connectivity index (χ2n) is 6.82. The summed E-state index contributed by atoms with van der Waals surface area (Å²) < 4.78 is 22.0. The van der Waals surface area contributed by atoms with E-state index in [9.17, 15) is 14.3 Å². The maximum Gasteiger partial charge on any atom is 0.356 e. The quantitative estimate of drug-likeness (QED) is 0.362. The molecular weight excluding hydrogens is 512 g/mol. The molecule has 0 bridgehead atoms. The van der Waals surface area contributed by atoms with Crippen molar-refractivity contribution < 1.29 is 19.0 Å². The minimum atomic E-state index is -1.22. The van der Waals surface area contributed by atoms with Crippen LogP contribution in [-0.2, 0) is 4.74 Å². The van der Waals surface area contributed by atoms with Crippen molar-refractivity contribution in [1.29, 1.82) is 0 Å². The molecule has 0 aliphatic carbocycles. The van der Waals surface area contributed by atoms with Gasteiger partial charge >= 0.3 is 5.97 Å². The monoisotopic (exact) mass is 529 g/mol. The summed E-state index contributed by atoms with van der Waals surface area (Å²) in [7, 11) is 1.55. The molecule has 0 saturated carbocycles. The Hall–Kier alpha value is -2.13. The summed E-state index contributed by atoms with van der Waals surface area (Å²) in [5.41, 5.74) is 0.923. The lowest BCUT2D eigenvalue weighted by Gasteiger charge is -2.26.